The molecule has 1 saturated carbocycles. The van der Waals surface area contributed by atoms with Crippen LogP contribution < -0.4 is 16.0 Å². The number of imidazole rings is 1. The van der Waals surface area contributed by atoms with Crippen molar-refractivity contribution in [3.63, 3.8) is 0 Å². The summed E-state index contributed by atoms with van der Waals surface area (Å²) in [5.74, 6) is 7.03. The Labute approximate surface area is 184 Å². The second-order valence-electron chi connectivity index (χ2n) is 7.33. The molecule has 3 aromatic heterocycles. The van der Waals surface area contributed by atoms with Gasteiger partial charge < -0.3 is 16.0 Å². The van der Waals surface area contributed by atoms with E-state index in [4.69, 9.17) is 0 Å². The number of aromatic nitrogens is 5. The van der Waals surface area contributed by atoms with Gasteiger partial charge in [-0.1, -0.05) is 18.1 Å². The van der Waals surface area contributed by atoms with Crippen molar-refractivity contribution in [2.45, 2.75) is 18.9 Å². The number of amides is 1. The molecule has 4 aromatic rings. The third-order valence-electron chi connectivity index (χ3n) is 4.88. The summed E-state index contributed by atoms with van der Waals surface area (Å²) in [6, 6.07) is 13.2. The highest BCUT2D eigenvalue weighted by molar-refractivity contribution is 5.92. The van der Waals surface area contributed by atoms with E-state index >= 15 is 0 Å². The molecule has 1 amide bonds. The molecule has 0 spiro atoms. The van der Waals surface area contributed by atoms with Gasteiger partial charge in [0.2, 0.25) is 5.95 Å². The molecular weight excluding hydrogens is 404 g/mol. The number of rotatable bonds is 4. The summed E-state index contributed by atoms with van der Waals surface area (Å²) >= 11 is 0. The highest BCUT2D eigenvalue weighted by Gasteiger charge is 2.25. The van der Waals surface area contributed by atoms with Crippen LogP contribution in [0, 0.1) is 11.8 Å². The summed E-state index contributed by atoms with van der Waals surface area (Å²) in [5.41, 5.74) is 3.25. The molecule has 0 saturated heterocycles. The largest absolute Gasteiger partial charge is 0.371 e. The van der Waals surface area contributed by atoms with Gasteiger partial charge in [0, 0.05) is 30.5 Å². The Morgan fingerprint density at radius 1 is 1.09 bits per heavy atom. The average Bonchev–Trinajstić information content (AvgIpc) is 3.53. The Balaban J connectivity index is 1.43. The van der Waals surface area contributed by atoms with Gasteiger partial charge in [0.25, 0.3) is 0 Å². The molecule has 0 unspecified atom stereocenters. The second kappa shape index (κ2) is 8.35. The Kier molecular flexibility index (Phi) is 5.09. The van der Waals surface area contributed by atoms with Crippen LogP contribution in [0.15, 0.2) is 55.0 Å². The molecule has 1 aromatic carbocycles. The topological polar surface area (TPSA) is 110 Å². The smallest absolute Gasteiger partial charge is 0.328 e. The number of anilines is 3. The Morgan fingerprint density at radius 2 is 2.00 bits per heavy atom. The number of hydrogen-bond donors (Lipinski definition) is 3. The van der Waals surface area contributed by atoms with E-state index in [1.807, 2.05) is 42.5 Å². The molecule has 0 radical (unpaired) electrons. The van der Waals surface area contributed by atoms with Gasteiger partial charge in [-0.05, 0) is 49.1 Å². The number of fused-ring (bicyclic) bond motifs is 1. The van der Waals surface area contributed by atoms with Gasteiger partial charge in [-0.15, -0.1) is 0 Å². The summed E-state index contributed by atoms with van der Waals surface area (Å²) in [7, 11) is 1.75. The first-order chi connectivity index (χ1) is 15.7. The van der Waals surface area contributed by atoms with Crippen LogP contribution in [-0.4, -0.2) is 43.6 Å². The Morgan fingerprint density at radius 3 is 2.78 bits per heavy atom. The number of carbonyl (C=O) groups excluding carboxylic acids is 1. The summed E-state index contributed by atoms with van der Waals surface area (Å²) in [6.07, 6.45) is 5.18. The number of nitrogens with zero attached hydrogens (tertiary/aromatic N) is 5. The van der Waals surface area contributed by atoms with Crippen molar-refractivity contribution in [2.24, 2.45) is 0 Å². The van der Waals surface area contributed by atoms with Gasteiger partial charge >= 0.3 is 6.03 Å². The minimum absolute atomic E-state index is 0.234. The van der Waals surface area contributed by atoms with E-state index in [1.165, 1.54) is 10.9 Å². The van der Waals surface area contributed by atoms with Crippen molar-refractivity contribution < 1.29 is 4.79 Å². The lowest BCUT2D eigenvalue weighted by Crippen LogP contribution is -2.30. The molecule has 0 atom stereocenters. The van der Waals surface area contributed by atoms with Gasteiger partial charge in [0.1, 0.15) is 12.0 Å². The molecular formula is C23H20N8O. The molecule has 9 nitrogen and oxygen atoms in total. The summed E-state index contributed by atoms with van der Waals surface area (Å²) in [5, 5.41) is 9.18. The van der Waals surface area contributed by atoms with E-state index in [9.17, 15) is 4.79 Å². The minimum Gasteiger partial charge on any atom is -0.371 e. The van der Waals surface area contributed by atoms with Gasteiger partial charge in [0.15, 0.2) is 17.0 Å². The summed E-state index contributed by atoms with van der Waals surface area (Å²) in [4.78, 5) is 30.1. The normalized spacial score (nSPS) is 12.7. The van der Waals surface area contributed by atoms with E-state index in [1.54, 1.807) is 13.2 Å². The van der Waals surface area contributed by atoms with Crippen LogP contribution in [0.25, 0.3) is 11.2 Å². The standard InChI is InChI=1S/C23H20N8O/c1-24-20-19-21(31(14-26-19)23(32)28-17-10-11-17)30-22(29-20)27-18-7-4-5-15(13-18)8-9-16-6-2-3-12-25-16/h2-7,12-14,17H,10-11H2,1H3,(H,28,32)(H2,24,27,29,30). The molecule has 5 rings (SSSR count). The lowest BCUT2D eigenvalue weighted by molar-refractivity contribution is 0.242. The van der Waals surface area contributed by atoms with Crippen molar-refractivity contribution >= 4 is 34.6 Å². The van der Waals surface area contributed by atoms with Crippen molar-refractivity contribution in [3.8, 4) is 11.8 Å². The average molecular weight is 424 g/mol. The first-order valence-electron chi connectivity index (χ1n) is 10.2. The zero-order valence-corrected chi connectivity index (χ0v) is 17.3. The predicted molar refractivity (Wildman–Crippen MR) is 122 cm³/mol. The molecule has 3 heterocycles. The lowest BCUT2D eigenvalue weighted by Gasteiger charge is -2.09. The number of carbonyl (C=O) groups is 1. The Bertz CT molecular complexity index is 1350. The van der Waals surface area contributed by atoms with Crippen LogP contribution in [-0.2, 0) is 0 Å². The van der Waals surface area contributed by atoms with E-state index < -0.39 is 0 Å². The molecule has 0 aliphatic heterocycles. The van der Waals surface area contributed by atoms with Crippen LogP contribution in [0.2, 0.25) is 0 Å². The maximum Gasteiger partial charge on any atom is 0.328 e. The number of nitrogens with one attached hydrogen (secondary N) is 3. The fourth-order valence-corrected chi connectivity index (χ4v) is 3.13. The van der Waals surface area contributed by atoms with E-state index in [0.29, 0.717) is 28.6 Å². The SMILES string of the molecule is CNc1nc(Nc2cccc(C#Cc3ccccn3)c2)nc2c1ncn2C(=O)NC1CC1. The van der Waals surface area contributed by atoms with Gasteiger partial charge in [-0.3, -0.25) is 0 Å². The Hall–Kier alpha value is -4.45. The molecule has 9 heteroatoms. The molecule has 158 valence electrons. The van der Waals surface area contributed by atoms with Crippen molar-refractivity contribution in [2.75, 3.05) is 17.7 Å². The van der Waals surface area contributed by atoms with Crippen LogP contribution in [0.5, 0.6) is 0 Å². The third-order valence-corrected chi connectivity index (χ3v) is 4.88. The minimum atomic E-state index is -0.242. The highest BCUT2D eigenvalue weighted by Crippen LogP contribution is 2.24. The number of hydrogen-bond acceptors (Lipinski definition) is 7. The summed E-state index contributed by atoms with van der Waals surface area (Å²) < 4.78 is 1.41. The maximum absolute atomic E-state index is 12.6. The van der Waals surface area contributed by atoms with Crippen LogP contribution >= 0.6 is 0 Å². The second-order valence-corrected chi connectivity index (χ2v) is 7.33. The maximum atomic E-state index is 12.6. The first kappa shape index (κ1) is 19.5. The fourth-order valence-electron chi connectivity index (χ4n) is 3.13. The van der Waals surface area contributed by atoms with Crippen molar-refractivity contribution in [1.82, 2.24) is 29.8 Å². The molecule has 1 fully saturated rings. The van der Waals surface area contributed by atoms with E-state index in [0.717, 1.165) is 24.1 Å². The van der Waals surface area contributed by atoms with Crippen LogP contribution in [0.4, 0.5) is 22.2 Å². The highest BCUT2D eigenvalue weighted by atomic mass is 16.2. The first-order valence-corrected chi connectivity index (χ1v) is 10.2. The van der Waals surface area contributed by atoms with Crippen LogP contribution in [0.3, 0.4) is 0 Å². The number of benzene rings is 1. The predicted octanol–water partition coefficient (Wildman–Crippen LogP) is 3.13. The van der Waals surface area contributed by atoms with E-state index in [2.05, 4.69) is 47.7 Å². The summed E-state index contributed by atoms with van der Waals surface area (Å²) in [6.45, 7) is 0. The van der Waals surface area contributed by atoms with Gasteiger partial charge in [0.05, 0.1) is 0 Å². The van der Waals surface area contributed by atoms with Crippen LogP contribution in [0.1, 0.15) is 24.1 Å². The lowest BCUT2D eigenvalue weighted by atomic mass is 10.2. The van der Waals surface area contributed by atoms with Gasteiger partial charge in [-0.2, -0.15) is 9.97 Å². The van der Waals surface area contributed by atoms with Crippen molar-refractivity contribution in [1.29, 1.82) is 0 Å². The molecule has 32 heavy (non-hydrogen) atoms. The van der Waals surface area contributed by atoms with Crippen molar-refractivity contribution in [3.05, 3.63) is 66.2 Å². The molecule has 3 N–H and O–H groups in total. The van der Waals surface area contributed by atoms with E-state index in [-0.39, 0.29) is 12.1 Å². The van der Waals surface area contributed by atoms with Gasteiger partial charge in [-0.25, -0.2) is 19.3 Å². The quantitative estimate of drug-likeness (QED) is 0.432. The fraction of sp³-hybridized carbons (Fsp3) is 0.174. The zero-order valence-electron chi connectivity index (χ0n) is 17.3. The number of pyridine rings is 1. The monoisotopic (exact) mass is 424 g/mol. The third kappa shape index (κ3) is 4.20. The zero-order chi connectivity index (χ0) is 21.9. The molecule has 0 bridgehead atoms. The molecule has 1 aliphatic rings. The molecule has 1 aliphatic carbocycles.